The summed E-state index contributed by atoms with van der Waals surface area (Å²) in [7, 11) is 2.09. The van der Waals surface area contributed by atoms with Crippen LogP contribution in [0.1, 0.15) is 34.3 Å². The van der Waals surface area contributed by atoms with Crippen LogP contribution in [0.15, 0.2) is 48.5 Å². The van der Waals surface area contributed by atoms with Crippen LogP contribution >= 0.6 is 0 Å². The van der Waals surface area contributed by atoms with E-state index in [4.69, 9.17) is 4.74 Å². The summed E-state index contributed by atoms with van der Waals surface area (Å²) in [4.78, 5) is 16.6. The maximum absolute atomic E-state index is 12.4. The summed E-state index contributed by atoms with van der Waals surface area (Å²) >= 11 is 0. The molecule has 4 nitrogen and oxygen atoms in total. The highest BCUT2D eigenvalue weighted by atomic mass is 16.5. The number of likely N-dealkylation sites (tertiary alicyclic amines) is 1. The molecule has 1 amide bonds. The first-order valence-electron chi connectivity index (χ1n) is 9.38. The molecule has 0 saturated carbocycles. The van der Waals surface area contributed by atoms with Crippen LogP contribution in [0.4, 0.5) is 0 Å². The number of rotatable bonds is 7. The second kappa shape index (κ2) is 8.86. The first-order valence-corrected chi connectivity index (χ1v) is 9.38. The summed E-state index contributed by atoms with van der Waals surface area (Å²) in [5, 5.41) is 0. The van der Waals surface area contributed by atoms with Gasteiger partial charge < -0.3 is 9.64 Å². The van der Waals surface area contributed by atoms with Gasteiger partial charge in [-0.1, -0.05) is 24.3 Å². The SMILES string of the molecule is Cc1cccc(OCCN(C)Cc2ccc(C(=O)N3CCCC3)cc2)c1. The molecule has 2 aromatic carbocycles. The number of hydrogen-bond donors (Lipinski definition) is 0. The van der Waals surface area contributed by atoms with Gasteiger partial charge in [-0.15, -0.1) is 0 Å². The lowest BCUT2D eigenvalue weighted by molar-refractivity contribution is 0.0793. The van der Waals surface area contributed by atoms with Crippen molar-refractivity contribution in [1.82, 2.24) is 9.80 Å². The molecule has 1 saturated heterocycles. The van der Waals surface area contributed by atoms with E-state index in [1.165, 1.54) is 11.1 Å². The maximum Gasteiger partial charge on any atom is 0.253 e. The molecule has 0 unspecified atom stereocenters. The monoisotopic (exact) mass is 352 g/mol. The van der Waals surface area contributed by atoms with Crippen molar-refractivity contribution in [2.24, 2.45) is 0 Å². The Hall–Kier alpha value is -2.33. The first kappa shape index (κ1) is 18.5. The number of amides is 1. The van der Waals surface area contributed by atoms with Crippen LogP contribution in [0, 0.1) is 6.92 Å². The van der Waals surface area contributed by atoms with Crippen molar-refractivity contribution in [3.8, 4) is 5.75 Å². The van der Waals surface area contributed by atoms with Gasteiger partial charge in [0.2, 0.25) is 0 Å². The standard InChI is InChI=1S/C22H28N2O2/c1-18-6-5-7-21(16-18)26-15-14-23(2)17-19-8-10-20(11-9-19)22(25)24-12-3-4-13-24/h5-11,16H,3-4,12-15,17H2,1-2H3. The van der Waals surface area contributed by atoms with E-state index in [-0.39, 0.29) is 5.91 Å². The zero-order valence-electron chi connectivity index (χ0n) is 15.8. The second-order valence-electron chi connectivity index (χ2n) is 7.10. The molecule has 138 valence electrons. The number of likely N-dealkylation sites (N-methyl/N-ethyl adjacent to an activating group) is 1. The Morgan fingerprint density at radius 3 is 2.54 bits per heavy atom. The van der Waals surface area contributed by atoms with Gasteiger partial charge in [0.25, 0.3) is 5.91 Å². The minimum atomic E-state index is 0.161. The number of ether oxygens (including phenoxy) is 1. The van der Waals surface area contributed by atoms with E-state index in [9.17, 15) is 4.79 Å². The van der Waals surface area contributed by atoms with E-state index in [1.54, 1.807) is 0 Å². The Bertz CT molecular complexity index is 721. The average Bonchev–Trinajstić information content (AvgIpc) is 3.16. The number of carbonyl (C=O) groups excluding carboxylic acids is 1. The van der Waals surface area contributed by atoms with Crippen molar-refractivity contribution in [3.63, 3.8) is 0 Å². The van der Waals surface area contributed by atoms with Gasteiger partial charge in [-0.05, 0) is 62.2 Å². The van der Waals surface area contributed by atoms with Gasteiger partial charge in [0.1, 0.15) is 12.4 Å². The largest absolute Gasteiger partial charge is 0.492 e. The van der Waals surface area contributed by atoms with E-state index in [0.29, 0.717) is 6.61 Å². The maximum atomic E-state index is 12.4. The molecule has 2 aromatic rings. The Balaban J connectivity index is 1.45. The Labute approximate surface area is 156 Å². The summed E-state index contributed by atoms with van der Waals surface area (Å²) < 4.78 is 5.81. The molecule has 0 aliphatic carbocycles. The molecule has 1 fully saturated rings. The van der Waals surface area contributed by atoms with Gasteiger partial charge in [-0.2, -0.15) is 0 Å². The molecule has 26 heavy (non-hydrogen) atoms. The lowest BCUT2D eigenvalue weighted by atomic mass is 10.1. The molecule has 0 atom stereocenters. The van der Waals surface area contributed by atoms with Crippen LogP contribution < -0.4 is 4.74 Å². The molecule has 1 aliphatic rings. The van der Waals surface area contributed by atoms with Gasteiger partial charge in [0, 0.05) is 31.7 Å². The number of carbonyl (C=O) groups is 1. The molecule has 0 spiro atoms. The highest BCUT2D eigenvalue weighted by Gasteiger charge is 2.19. The third-order valence-electron chi connectivity index (χ3n) is 4.78. The minimum Gasteiger partial charge on any atom is -0.492 e. The average molecular weight is 352 g/mol. The molecule has 1 aliphatic heterocycles. The normalized spacial score (nSPS) is 14.0. The minimum absolute atomic E-state index is 0.161. The van der Waals surface area contributed by atoms with Crippen molar-refractivity contribution in [2.75, 3.05) is 33.3 Å². The quantitative estimate of drug-likeness (QED) is 0.761. The molecule has 0 N–H and O–H groups in total. The summed E-state index contributed by atoms with van der Waals surface area (Å²) in [5.74, 6) is 1.08. The van der Waals surface area contributed by atoms with Gasteiger partial charge in [0.05, 0.1) is 0 Å². The number of hydrogen-bond acceptors (Lipinski definition) is 3. The van der Waals surface area contributed by atoms with Crippen LogP contribution in [-0.4, -0.2) is 49.0 Å². The van der Waals surface area contributed by atoms with E-state index < -0.39 is 0 Å². The van der Waals surface area contributed by atoms with Crippen LogP contribution in [0.2, 0.25) is 0 Å². The Kier molecular flexibility index (Phi) is 6.29. The highest BCUT2D eigenvalue weighted by molar-refractivity contribution is 5.94. The van der Waals surface area contributed by atoms with Gasteiger partial charge >= 0.3 is 0 Å². The van der Waals surface area contributed by atoms with Crippen molar-refractivity contribution >= 4 is 5.91 Å². The Morgan fingerprint density at radius 1 is 1.12 bits per heavy atom. The summed E-state index contributed by atoms with van der Waals surface area (Å²) in [5.41, 5.74) is 3.21. The molecule has 4 heteroatoms. The van der Waals surface area contributed by atoms with Crippen LogP contribution in [0.3, 0.4) is 0 Å². The number of aryl methyl sites for hydroxylation is 1. The smallest absolute Gasteiger partial charge is 0.253 e. The topological polar surface area (TPSA) is 32.8 Å². The summed E-state index contributed by atoms with van der Waals surface area (Å²) in [6.07, 6.45) is 2.25. The molecule has 0 aromatic heterocycles. The molecular formula is C22H28N2O2. The fourth-order valence-electron chi connectivity index (χ4n) is 3.27. The summed E-state index contributed by atoms with van der Waals surface area (Å²) in [6.45, 7) is 6.20. The van der Waals surface area contributed by atoms with E-state index in [2.05, 4.69) is 43.1 Å². The lowest BCUT2D eigenvalue weighted by Crippen LogP contribution is -2.27. The number of benzene rings is 2. The molecule has 0 radical (unpaired) electrons. The fourth-order valence-corrected chi connectivity index (χ4v) is 3.27. The zero-order valence-corrected chi connectivity index (χ0v) is 15.8. The highest BCUT2D eigenvalue weighted by Crippen LogP contribution is 2.15. The predicted molar refractivity (Wildman–Crippen MR) is 105 cm³/mol. The van der Waals surface area contributed by atoms with Crippen molar-refractivity contribution < 1.29 is 9.53 Å². The molecular weight excluding hydrogens is 324 g/mol. The summed E-state index contributed by atoms with van der Waals surface area (Å²) in [6, 6.07) is 16.1. The van der Waals surface area contributed by atoms with Gasteiger partial charge in [-0.3, -0.25) is 9.69 Å². The second-order valence-corrected chi connectivity index (χ2v) is 7.10. The van der Waals surface area contributed by atoms with E-state index >= 15 is 0 Å². The fraction of sp³-hybridized carbons (Fsp3) is 0.409. The van der Waals surface area contributed by atoms with E-state index in [0.717, 1.165) is 50.3 Å². The first-order chi connectivity index (χ1) is 12.6. The lowest BCUT2D eigenvalue weighted by Gasteiger charge is -2.18. The molecule has 3 rings (SSSR count). The third-order valence-corrected chi connectivity index (χ3v) is 4.78. The van der Waals surface area contributed by atoms with Crippen molar-refractivity contribution in [2.45, 2.75) is 26.3 Å². The molecule has 0 bridgehead atoms. The van der Waals surface area contributed by atoms with Crippen LogP contribution in [0.5, 0.6) is 5.75 Å². The van der Waals surface area contributed by atoms with Crippen molar-refractivity contribution in [1.29, 1.82) is 0 Å². The number of nitrogens with zero attached hydrogens (tertiary/aromatic N) is 2. The van der Waals surface area contributed by atoms with Gasteiger partial charge in [-0.25, -0.2) is 0 Å². The zero-order chi connectivity index (χ0) is 18.4. The molecule has 1 heterocycles. The Morgan fingerprint density at radius 2 is 1.85 bits per heavy atom. The van der Waals surface area contributed by atoms with Crippen LogP contribution in [0.25, 0.3) is 0 Å². The third kappa shape index (κ3) is 5.09. The van der Waals surface area contributed by atoms with Crippen LogP contribution in [-0.2, 0) is 6.54 Å². The predicted octanol–water partition coefficient (Wildman–Crippen LogP) is 3.74. The van der Waals surface area contributed by atoms with Gasteiger partial charge in [0.15, 0.2) is 0 Å². The van der Waals surface area contributed by atoms with E-state index in [1.807, 2.05) is 29.2 Å². The van der Waals surface area contributed by atoms with Crippen molar-refractivity contribution in [3.05, 3.63) is 65.2 Å².